The molecule has 0 aliphatic heterocycles. The minimum Gasteiger partial charge on any atom is -0.504 e. The molecule has 0 aromatic heterocycles. The van der Waals surface area contributed by atoms with E-state index in [0.717, 1.165) is 51.4 Å². The molecule has 0 aliphatic rings. The summed E-state index contributed by atoms with van der Waals surface area (Å²) < 4.78 is 19.3. The van der Waals surface area contributed by atoms with Crippen molar-refractivity contribution in [2.45, 2.75) is 220 Å². The van der Waals surface area contributed by atoms with Crippen molar-refractivity contribution in [3.05, 3.63) is 5.56 Å². The van der Waals surface area contributed by atoms with Gasteiger partial charge in [-0.15, -0.1) is 0 Å². The molecule has 0 spiro atoms. The highest BCUT2D eigenvalue weighted by Gasteiger charge is 2.27. The quantitative estimate of drug-likeness (QED) is 0.0547. The molecule has 0 amide bonds. The average Bonchev–Trinajstić information content (AvgIpc) is 3.09. The monoisotopic (exact) mass is 677 g/mol. The number of ether oxygens (including phenoxy) is 3. The van der Waals surface area contributed by atoms with Crippen LogP contribution in [-0.2, 0) is 6.42 Å². The summed E-state index contributed by atoms with van der Waals surface area (Å²) in [5.74, 6) is 1.07. The average molecular weight is 677 g/mol. The number of hydrogen-bond donors (Lipinski definition) is 2. The maximum Gasteiger partial charge on any atom is 0.211 e. The van der Waals surface area contributed by atoms with Gasteiger partial charge in [-0.2, -0.15) is 0 Å². The number of benzene rings is 1. The molecule has 5 heteroatoms. The molecule has 5 nitrogen and oxygen atoms in total. The number of phenolic OH excluding ortho intramolecular Hbond substituents is 2. The highest BCUT2D eigenvalue weighted by molar-refractivity contribution is 5.69. The van der Waals surface area contributed by atoms with Crippen molar-refractivity contribution in [1.29, 1.82) is 0 Å². The van der Waals surface area contributed by atoms with Crippen LogP contribution < -0.4 is 14.2 Å². The molecule has 1 aromatic rings. The number of phenols is 2. The summed E-state index contributed by atoms with van der Waals surface area (Å²) in [6.45, 7) is 10.6. The van der Waals surface area contributed by atoms with E-state index in [-0.39, 0.29) is 17.2 Å². The maximum atomic E-state index is 11.4. The Labute approximate surface area is 298 Å². The van der Waals surface area contributed by atoms with Crippen LogP contribution in [0.5, 0.6) is 28.7 Å². The van der Waals surface area contributed by atoms with Gasteiger partial charge >= 0.3 is 0 Å². The molecular formula is C43H80O5. The van der Waals surface area contributed by atoms with Gasteiger partial charge in [-0.1, -0.05) is 188 Å². The van der Waals surface area contributed by atoms with Crippen LogP contribution in [0, 0.1) is 0 Å². The summed E-state index contributed by atoms with van der Waals surface area (Å²) in [5.41, 5.74) is 0.680. The summed E-state index contributed by atoms with van der Waals surface area (Å²) in [6, 6.07) is 0. The highest BCUT2D eigenvalue weighted by atomic mass is 16.5. The van der Waals surface area contributed by atoms with Crippen LogP contribution in [0.2, 0.25) is 0 Å². The molecule has 0 saturated carbocycles. The lowest BCUT2D eigenvalue weighted by atomic mass is 10.0. The minimum absolute atomic E-state index is 0.0923. The van der Waals surface area contributed by atoms with Crippen molar-refractivity contribution >= 4 is 0 Å². The van der Waals surface area contributed by atoms with Crippen LogP contribution in [0.15, 0.2) is 0 Å². The first-order valence-corrected chi connectivity index (χ1v) is 21.1. The van der Waals surface area contributed by atoms with E-state index in [1.165, 1.54) is 135 Å². The predicted octanol–water partition coefficient (Wildman–Crippen LogP) is 14.2. The number of aromatic hydroxyl groups is 2. The van der Waals surface area contributed by atoms with Crippen molar-refractivity contribution in [1.82, 2.24) is 0 Å². The Bertz CT molecular complexity index is 785. The summed E-state index contributed by atoms with van der Waals surface area (Å²) in [6.07, 6.45) is 35.7. The summed E-state index contributed by atoms with van der Waals surface area (Å²) in [4.78, 5) is 0. The Morgan fingerprint density at radius 3 is 0.979 bits per heavy atom. The molecule has 0 heterocycles. The van der Waals surface area contributed by atoms with E-state index >= 15 is 0 Å². The molecule has 0 atom stereocenters. The Morgan fingerprint density at radius 1 is 0.312 bits per heavy atom. The zero-order chi connectivity index (χ0) is 34.9. The van der Waals surface area contributed by atoms with E-state index in [1.54, 1.807) is 0 Å². The van der Waals surface area contributed by atoms with Gasteiger partial charge in [-0.05, 0) is 32.1 Å². The van der Waals surface area contributed by atoms with E-state index in [2.05, 4.69) is 27.7 Å². The van der Waals surface area contributed by atoms with Gasteiger partial charge in [0.15, 0.2) is 11.5 Å². The highest BCUT2D eigenvalue weighted by Crippen LogP contribution is 2.53. The normalized spacial score (nSPS) is 11.3. The van der Waals surface area contributed by atoms with E-state index in [1.807, 2.05) is 0 Å². The third-order valence-electron chi connectivity index (χ3n) is 9.67. The van der Waals surface area contributed by atoms with Gasteiger partial charge in [-0.3, -0.25) is 0 Å². The number of rotatable bonds is 36. The minimum atomic E-state index is -0.189. The third-order valence-corrected chi connectivity index (χ3v) is 9.67. The van der Waals surface area contributed by atoms with Gasteiger partial charge < -0.3 is 24.4 Å². The second kappa shape index (κ2) is 32.4. The fraction of sp³-hybridized carbons (Fsp3) is 0.860. The van der Waals surface area contributed by atoms with Crippen molar-refractivity contribution in [2.24, 2.45) is 0 Å². The van der Waals surface area contributed by atoms with Gasteiger partial charge in [-0.25, -0.2) is 0 Å². The molecule has 2 N–H and O–H groups in total. The fourth-order valence-electron chi connectivity index (χ4n) is 6.49. The second-order valence-corrected chi connectivity index (χ2v) is 14.3. The number of hydrogen-bond acceptors (Lipinski definition) is 5. The van der Waals surface area contributed by atoms with Crippen LogP contribution >= 0.6 is 0 Å². The van der Waals surface area contributed by atoms with Crippen molar-refractivity contribution in [3.63, 3.8) is 0 Å². The molecule has 0 aliphatic carbocycles. The van der Waals surface area contributed by atoms with Crippen molar-refractivity contribution < 1.29 is 24.4 Å². The molecule has 0 radical (unpaired) electrons. The standard InChI is InChI=1S/C43H80O5/c1-5-9-13-17-21-22-26-30-34-38-39(44)40(45)42(47-36-32-28-24-19-15-11-7-3)43(48-37-33-29-25-20-16-12-8-4)41(38)46-35-31-27-23-18-14-10-6-2/h44-45H,5-37H2,1-4H3. The van der Waals surface area contributed by atoms with Crippen LogP contribution in [0.1, 0.15) is 219 Å². The Morgan fingerprint density at radius 2 is 0.604 bits per heavy atom. The molecule has 0 saturated heterocycles. The van der Waals surface area contributed by atoms with Gasteiger partial charge in [0, 0.05) is 5.56 Å². The zero-order valence-electron chi connectivity index (χ0n) is 32.5. The zero-order valence-corrected chi connectivity index (χ0v) is 32.5. The van der Waals surface area contributed by atoms with Gasteiger partial charge in [0.2, 0.25) is 17.2 Å². The fourth-order valence-corrected chi connectivity index (χ4v) is 6.49. The summed E-state index contributed by atoms with van der Waals surface area (Å²) in [5, 5.41) is 22.7. The Kier molecular flexibility index (Phi) is 29.9. The van der Waals surface area contributed by atoms with Gasteiger partial charge in [0.25, 0.3) is 0 Å². The molecular weight excluding hydrogens is 596 g/mol. The van der Waals surface area contributed by atoms with Crippen molar-refractivity contribution in [2.75, 3.05) is 19.8 Å². The molecule has 0 bridgehead atoms. The molecule has 282 valence electrons. The first kappa shape index (κ1) is 44.2. The van der Waals surface area contributed by atoms with E-state index in [9.17, 15) is 10.2 Å². The van der Waals surface area contributed by atoms with Crippen LogP contribution in [0.3, 0.4) is 0 Å². The summed E-state index contributed by atoms with van der Waals surface area (Å²) in [7, 11) is 0. The molecule has 0 unspecified atom stereocenters. The van der Waals surface area contributed by atoms with Crippen LogP contribution in [-0.4, -0.2) is 30.0 Å². The lowest BCUT2D eigenvalue weighted by molar-refractivity contribution is 0.222. The van der Waals surface area contributed by atoms with E-state index in [4.69, 9.17) is 14.2 Å². The smallest absolute Gasteiger partial charge is 0.211 e. The topological polar surface area (TPSA) is 68.2 Å². The van der Waals surface area contributed by atoms with Gasteiger partial charge in [0.1, 0.15) is 0 Å². The first-order chi connectivity index (χ1) is 23.6. The summed E-state index contributed by atoms with van der Waals surface area (Å²) >= 11 is 0. The lowest BCUT2D eigenvalue weighted by Gasteiger charge is -2.22. The predicted molar refractivity (Wildman–Crippen MR) is 207 cm³/mol. The molecule has 1 aromatic carbocycles. The SMILES string of the molecule is CCCCCCCCCCc1c(O)c(O)c(OCCCCCCCCC)c(OCCCCCCCCC)c1OCCCCCCCCC. The lowest BCUT2D eigenvalue weighted by Crippen LogP contribution is -2.09. The molecule has 1 rings (SSSR count). The first-order valence-electron chi connectivity index (χ1n) is 21.1. The van der Waals surface area contributed by atoms with E-state index in [0.29, 0.717) is 43.3 Å². The van der Waals surface area contributed by atoms with Gasteiger partial charge in [0.05, 0.1) is 19.8 Å². The maximum absolute atomic E-state index is 11.4. The van der Waals surface area contributed by atoms with Crippen molar-refractivity contribution in [3.8, 4) is 28.7 Å². The largest absolute Gasteiger partial charge is 0.504 e. The Hall–Kier alpha value is -1.78. The molecule has 48 heavy (non-hydrogen) atoms. The number of unbranched alkanes of at least 4 members (excludes halogenated alkanes) is 25. The molecule has 0 fully saturated rings. The second-order valence-electron chi connectivity index (χ2n) is 14.3. The van der Waals surface area contributed by atoms with E-state index < -0.39 is 0 Å². The van der Waals surface area contributed by atoms with Crippen LogP contribution in [0.25, 0.3) is 0 Å². The van der Waals surface area contributed by atoms with Crippen LogP contribution in [0.4, 0.5) is 0 Å². The Balaban J connectivity index is 3.06. The third kappa shape index (κ3) is 21.3.